The first kappa shape index (κ1) is 13.7. The lowest BCUT2D eigenvalue weighted by molar-refractivity contribution is 0.474. The Labute approximate surface area is 121 Å². The second-order valence-corrected chi connectivity index (χ2v) is 4.85. The van der Waals surface area contributed by atoms with E-state index < -0.39 is 0 Å². The van der Waals surface area contributed by atoms with Crippen LogP contribution in [0.2, 0.25) is 10.0 Å². The van der Waals surface area contributed by atoms with Gasteiger partial charge in [-0.2, -0.15) is 5.10 Å². The van der Waals surface area contributed by atoms with Gasteiger partial charge < -0.3 is 5.11 Å². The Morgan fingerprint density at radius 3 is 2.58 bits per heavy atom. The van der Waals surface area contributed by atoms with Gasteiger partial charge in [-0.05, 0) is 43.3 Å². The van der Waals surface area contributed by atoms with Crippen molar-refractivity contribution in [2.75, 3.05) is 5.43 Å². The molecule has 3 nitrogen and oxygen atoms in total. The molecule has 0 saturated heterocycles. The molecule has 5 heteroatoms. The van der Waals surface area contributed by atoms with Gasteiger partial charge in [-0.3, -0.25) is 5.43 Å². The Hall–Kier alpha value is -1.71. The van der Waals surface area contributed by atoms with Crippen LogP contribution in [0.1, 0.15) is 12.5 Å². The lowest BCUT2D eigenvalue weighted by Crippen LogP contribution is -2.00. The van der Waals surface area contributed by atoms with Gasteiger partial charge >= 0.3 is 0 Å². The minimum Gasteiger partial charge on any atom is -0.507 e. The molecule has 0 fully saturated rings. The zero-order chi connectivity index (χ0) is 13.8. The standard InChI is InChI=1S/C14H12Cl2N2O/c1-9(13-8-11(16)5-6-14(13)19)17-18-12-4-2-3-10(15)7-12/h2-8,18-19H,1H3/b17-9+. The van der Waals surface area contributed by atoms with E-state index in [-0.39, 0.29) is 5.75 Å². The second-order valence-electron chi connectivity index (χ2n) is 3.98. The lowest BCUT2D eigenvalue weighted by Gasteiger charge is -2.06. The average molecular weight is 295 g/mol. The number of rotatable bonds is 3. The second kappa shape index (κ2) is 5.95. The number of hydrogen-bond acceptors (Lipinski definition) is 3. The number of phenols is 1. The van der Waals surface area contributed by atoms with Gasteiger partial charge in [0.15, 0.2) is 0 Å². The van der Waals surface area contributed by atoms with Crippen LogP contribution in [0.15, 0.2) is 47.6 Å². The summed E-state index contributed by atoms with van der Waals surface area (Å²) in [6, 6.07) is 12.0. The zero-order valence-electron chi connectivity index (χ0n) is 10.2. The number of aromatic hydroxyl groups is 1. The maximum Gasteiger partial charge on any atom is 0.124 e. The Bertz CT molecular complexity index is 627. The SMILES string of the molecule is C/C(=N\Nc1cccc(Cl)c1)c1cc(Cl)ccc1O. The highest BCUT2D eigenvalue weighted by Gasteiger charge is 2.05. The molecule has 0 aliphatic heterocycles. The van der Waals surface area contributed by atoms with Crippen LogP contribution in [-0.2, 0) is 0 Å². The molecule has 19 heavy (non-hydrogen) atoms. The summed E-state index contributed by atoms with van der Waals surface area (Å²) >= 11 is 11.8. The molecule has 2 rings (SSSR count). The van der Waals surface area contributed by atoms with E-state index in [9.17, 15) is 5.11 Å². The van der Waals surface area contributed by atoms with Gasteiger partial charge in [0, 0.05) is 15.6 Å². The summed E-state index contributed by atoms with van der Waals surface area (Å²) in [5.41, 5.74) is 4.86. The van der Waals surface area contributed by atoms with Gasteiger partial charge in [-0.1, -0.05) is 29.3 Å². The van der Waals surface area contributed by atoms with Crippen molar-refractivity contribution < 1.29 is 5.11 Å². The summed E-state index contributed by atoms with van der Waals surface area (Å²) in [7, 11) is 0. The molecule has 0 bridgehead atoms. The van der Waals surface area contributed by atoms with Gasteiger partial charge in [-0.15, -0.1) is 0 Å². The van der Waals surface area contributed by atoms with E-state index in [1.807, 2.05) is 12.1 Å². The fourth-order valence-electron chi connectivity index (χ4n) is 1.56. The van der Waals surface area contributed by atoms with Crippen molar-refractivity contribution in [3.05, 3.63) is 58.1 Å². The Balaban J connectivity index is 2.21. The van der Waals surface area contributed by atoms with E-state index in [1.54, 1.807) is 31.2 Å². The quantitative estimate of drug-likeness (QED) is 0.645. The summed E-state index contributed by atoms with van der Waals surface area (Å²) in [6.07, 6.45) is 0. The van der Waals surface area contributed by atoms with E-state index in [0.29, 0.717) is 21.3 Å². The maximum absolute atomic E-state index is 9.76. The summed E-state index contributed by atoms with van der Waals surface area (Å²) in [5.74, 6) is 0.138. The van der Waals surface area contributed by atoms with Gasteiger partial charge in [0.25, 0.3) is 0 Å². The van der Waals surface area contributed by atoms with E-state index in [0.717, 1.165) is 5.69 Å². The van der Waals surface area contributed by atoms with Gasteiger partial charge in [0.05, 0.1) is 11.4 Å². The predicted octanol–water partition coefficient (Wildman–Crippen LogP) is 4.54. The van der Waals surface area contributed by atoms with Crippen molar-refractivity contribution in [1.82, 2.24) is 0 Å². The Morgan fingerprint density at radius 1 is 1.11 bits per heavy atom. The number of benzene rings is 2. The third-order valence-electron chi connectivity index (χ3n) is 2.53. The largest absolute Gasteiger partial charge is 0.507 e. The molecular weight excluding hydrogens is 283 g/mol. The third-order valence-corrected chi connectivity index (χ3v) is 3.00. The number of nitrogens with one attached hydrogen (secondary N) is 1. The molecule has 0 saturated carbocycles. The number of halogens is 2. The van der Waals surface area contributed by atoms with E-state index in [1.165, 1.54) is 6.07 Å². The molecule has 0 aliphatic carbocycles. The summed E-state index contributed by atoms with van der Waals surface area (Å²) < 4.78 is 0. The number of anilines is 1. The molecule has 0 atom stereocenters. The van der Waals surface area contributed by atoms with Crippen molar-refractivity contribution in [3.8, 4) is 5.75 Å². The molecule has 0 heterocycles. The number of phenolic OH excluding ortho intramolecular Hbond substituents is 1. The van der Waals surface area contributed by atoms with Gasteiger partial charge in [0.2, 0.25) is 0 Å². The Kier molecular flexibility index (Phi) is 4.30. The van der Waals surface area contributed by atoms with Crippen molar-refractivity contribution in [1.29, 1.82) is 0 Å². The molecule has 2 N–H and O–H groups in total. The van der Waals surface area contributed by atoms with E-state index >= 15 is 0 Å². The fourth-order valence-corrected chi connectivity index (χ4v) is 1.93. The predicted molar refractivity (Wildman–Crippen MR) is 80.4 cm³/mol. The molecule has 0 aliphatic rings. The van der Waals surface area contributed by atoms with Gasteiger partial charge in [0.1, 0.15) is 5.75 Å². The summed E-state index contributed by atoms with van der Waals surface area (Å²) in [5, 5.41) is 15.1. The first-order chi connectivity index (χ1) is 9.06. The highest BCUT2D eigenvalue weighted by molar-refractivity contribution is 6.31. The minimum atomic E-state index is 0.138. The van der Waals surface area contributed by atoms with Crippen LogP contribution in [-0.4, -0.2) is 10.8 Å². The molecular formula is C14H12Cl2N2O. The lowest BCUT2D eigenvalue weighted by atomic mass is 10.1. The smallest absolute Gasteiger partial charge is 0.124 e. The molecule has 0 radical (unpaired) electrons. The highest BCUT2D eigenvalue weighted by Crippen LogP contribution is 2.22. The van der Waals surface area contributed by atoms with Crippen LogP contribution in [0.3, 0.4) is 0 Å². The first-order valence-corrected chi connectivity index (χ1v) is 6.36. The topological polar surface area (TPSA) is 44.6 Å². The van der Waals surface area contributed by atoms with Crippen molar-refractivity contribution >= 4 is 34.6 Å². The van der Waals surface area contributed by atoms with Crippen molar-refractivity contribution in [2.45, 2.75) is 6.92 Å². The minimum absolute atomic E-state index is 0.138. The van der Waals surface area contributed by atoms with Gasteiger partial charge in [-0.25, -0.2) is 0 Å². The summed E-state index contributed by atoms with van der Waals surface area (Å²) in [4.78, 5) is 0. The van der Waals surface area contributed by atoms with Crippen molar-refractivity contribution in [2.24, 2.45) is 5.10 Å². The van der Waals surface area contributed by atoms with Crippen LogP contribution in [0.4, 0.5) is 5.69 Å². The fraction of sp³-hybridized carbons (Fsp3) is 0.0714. The zero-order valence-corrected chi connectivity index (χ0v) is 11.7. The number of nitrogens with zero attached hydrogens (tertiary/aromatic N) is 1. The van der Waals surface area contributed by atoms with Crippen LogP contribution in [0.5, 0.6) is 5.75 Å². The van der Waals surface area contributed by atoms with E-state index in [2.05, 4.69) is 10.5 Å². The number of hydrazone groups is 1. The molecule has 0 amide bonds. The summed E-state index contributed by atoms with van der Waals surface area (Å²) in [6.45, 7) is 1.78. The maximum atomic E-state index is 9.76. The molecule has 0 spiro atoms. The normalized spacial score (nSPS) is 11.4. The molecule has 2 aromatic carbocycles. The molecule has 0 unspecified atom stereocenters. The van der Waals surface area contributed by atoms with E-state index in [4.69, 9.17) is 23.2 Å². The number of hydrogen-bond donors (Lipinski definition) is 2. The third kappa shape index (κ3) is 3.63. The first-order valence-electron chi connectivity index (χ1n) is 5.61. The molecule has 2 aromatic rings. The molecule has 0 aromatic heterocycles. The molecule has 98 valence electrons. The van der Waals surface area contributed by atoms with Crippen LogP contribution >= 0.6 is 23.2 Å². The van der Waals surface area contributed by atoms with Crippen molar-refractivity contribution in [3.63, 3.8) is 0 Å². The average Bonchev–Trinajstić information content (AvgIpc) is 2.39. The van der Waals surface area contributed by atoms with Crippen LogP contribution < -0.4 is 5.43 Å². The monoisotopic (exact) mass is 294 g/mol. The highest BCUT2D eigenvalue weighted by atomic mass is 35.5. The Morgan fingerprint density at radius 2 is 1.84 bits per heavy atom. The van der Waals surface area contributed by atoms with Crippen LogP contribution in [0.25, 0.3) is 0 Å². The van der Waals surface area contributed by atoms with Crippen LogP contribution in [0, 0.1) is 0 Å².